The maximum atomic E-state index is 13.5. The Hall–Kier alpha value is -1.39. The molecule has 0 aliphatic rings. The minimum Gasteiger partial charge on any atom is -0.457 e. The van der Waals surface area contributed by atoms with E-state index in [1.807, 2.05) is 25.1 Å². The summed E-state index contributed by atoms with van der Waals surface area (Å²) in [5, 5.41) is 3.29. The zero-order valence-corrected chi connectivity index (χ0v) is 14.0. The van der Waals surface area contributed by atoms with Gasteiger partial charge in [0, 0.05) is 22.6 Å². The van der Waals surface area contributed by atoms with Crippen LogP contribution in [0.4, 0.5) is 4.39 Å². The second kappa shape index (κ2) is 7.05. The van der Waals surface area contributed by atoms with Crippen LogP contribution in [0, 0.1) is 12.7 Å². The molecule has 0 amide bonds. The Morgan fingerprint density at radius 3 is 2.62 bits per heavy atom. The van der Waals surface area contributed by atoms with Crippen molar-refractivity contribution in [3.05, 3.63) is 57.8 Å². The van der Waals surface area contributed by atoms with Gasteiger partial charge in [-0.05, 0) is 42.8 Å². The van der Waals surface area contributed by atoms with Crippen molar-refractivity contribution in [2.45, 2.75) is 33.4 Å². The molecule has 112 valence electrons. The van der Waals surface area contributed by atoms with Crippen LogP contribution in [0.25, 0.3) is 0 Å². The zero-order valence-electron chi connectivity index (χ0n) is 12.4. The maximum absolute atomic E-state index is 13.5. The van der Waals surface area contributed by atoms with E-state index in [0.29, 0.717) is 18.3 Å². The third-order valence-electron chi connectivity index (χ3n) is 3.09. The van der Waals surface area contributed by atoms with E-state index >= 15 is 0 Å². The minimum atomic E-state index is -0.256. The van der Waals surface area contributed by atoms with Crippen LogP contribution in [0.2, 0.25) is 0 Å². The van der Waals surface area contributed by atoms with E-state index in [2.05, 4.69) is 35.1 Å². The first-order valence-corrected chi connectivity index (χ1v) is 7.71. The van der Waals surface area contributed by atoms with Crippen molar-refractivity contribution in [1.29, 1.82) is 0 Å². The van der Waals surface area contributed by atoms with E-state index in [-0.39, 0.29) is 5.82 Å². The quantitative estimate of drug-likeness (QED) is 0.800. The van der Waals surface area contributed by atoms with Gasteiger partial charge in [0.2, 0.25) is 0 Å². The van der Waals surface area contributed by atoms with Crippen molar-refractivity contribution in [2.24, 2.45) is 0 Å². The monoisotopic (exact) mass is 351 g/mol. The highest BCUT2D eigenvalue weighted by molar-refractivity contribution is 9.10. The number of nitrogens with one attached hydrogen (secondary N) is 1. The van der Waals surface area contributed by atoms with Gasteiger partial charge in [-0.15, -0.1) is 0 Å². The Labute approximate surface area is 133 Å². The Bertz CT molecular complexity index is 628. The summed E-state index contributed by atoms with van der Waals surface area (Å²) in [6.07, 6.45) is 0. The number of benzene rings is 2. The highest BCUT2D eigenvalue weighted by Crippen LogP contribution is 2.30. The van der Waals surface area contributed by atoms with Gasteiger partial charge in [0.1, 0.15) is 17.3 Å². The van der Waals surface area contributed by atoms with E-state index in [1.54, 1.807) is 6.07 Å². The van der Waals surface area contributed by atoms with Crippen molar-refractivity contribution >= 4 is 15.9 Å². The van der Waals surface area contributed by atoms with Crippen molar-refractivity contribution in [3.8, 4) is 11.5 Å². The lowest BCUT2D eigenvalue weighted by Crippen LogP contribution is -2.22. The summed E-state index contributed by atoms with van der Waals surface area (Å²) in [6.45, 7) is 6.66. The molecule has 0 bridgehead atoms. The lowest BCUT2D eigenvalue weighted by atomic mass is 10.1. The smallest absolute Gasteiger partial charge is 0.132 e. The molecule has 0 saturated carbocycles. The average molecular weight is 352 g/mol. The first-order chi connectivity index (χ1) is 9.95. The maximum Gasteiger partial charge on any atom is 0.132 e. The summed E-state index contributed by atoms with van der Waals surface area (Å²) in [5.74, 6) is 1.18. The van der Waals surface area contributed by atoms with Crippen LogP contribution in [0.3, 0.4) is 0 Å². The van der Waals surface area contributed by atoms with Crippen molar-refractivity contribution < 1.29 is 9.13 Å². The number of hydrogen-bond acceptors (Lipinski definition) is 2. The van der Waals surface area contributed by atoms with Gasteiger partial charge >= 0.3 is 0 Å². The molecule has 2 nitrogen and oxygen atoms in total. The molecule has 0 aromatic heterocycles. The van der Waals surface area contributed by atoms with Crippen LogP contribution >= 0.6 is 15.9 Å². The van der Waals surface area contributed by atoms with Crippen molar-refractivity contribution in [3.63, 3.8) is 0 Å². The topological polar surface area (TPSA) is 21.3 Å². The fourth-order valence-corrected chi connectivity index (χ4v) is 2.24. The van der Waals surface area contributed by atoms with E-state index in [0.717, 1.165) is 21.3 Å². The van der Waals surface area contributed by atoms with E-state index < -0.39 is 0 Å². The van der Waals surface area contributed by atoms with Gasteiger partial charge in [-0.3, -0.25) is 0 Å². The predicted octanol–water partition coefficient (Wildman–Crippen LogP) is 5.19. The van der Waals surface area contributed by atoms with E-state index in [4.69, 9.17) is 4.74 Å². The van der Waals surface area contributed by atoms with Crippen LogP contribution in [0.15, 0.2) is 40.9 Å². The molecule has 0 unspecified atom stereocenters. The van der Waals surface area contributed by atoms with E-state index in [1.165, 1.54) is 12.1 Å². The van der Waals surface area contributed by atoms with Crippen LogP contribution in [-0.2, 0) is 6.54 Å². The number of ether oxygens (including phenoxy) is 1. The highest BCUT2D eigenvalue weighted by Gasteiger charge is 2.09. The molecule has 0 atom stereocenters. The molecule has 4 heteroatoms. The first-order valence-electron chi connectivity index (χ1n) is 6.91. The Morgan fingerprint density at radius 1 is 1.14 bits per heavy atom. The lowest BCUT2D eigenvalue weighted by molar-refractivity contribution is 0.463. The molecule has 1 N–H and O–H groups in total. The summed E-state index contributed by atoms with van der Waals surface area (Å²) in [7, 11) is 0. The molecule has 0 fully saturated rings. The molecule has 0 aliphatic heterocycles. The fourth-order valence-electron chi connectivity index (χ4n) is 1.90. The molecule has 0 radical (unpaired) electrons. The van der Waals surface area contributed by atoms with E-state index in [9.17, 15) is 4.39 Å². The normalized spacial score (nSPS) is 11.0. The molecular formula is C17H19BrFNO. The summed E-state index contributed by atoms with van der Waals surface area (Å²) in [6, 6.07) is 10.8. The van der Waals surface area contributed by atoms with Crippen LogP contribution < -0.4 is 10.1 Å². The highest BCUT2D eigenvalue weighted by atomic mass is 79.9. The van der Waals surface area contributed by atoms with Crippen molar-refractivity contribution in [1.82, 2.24) is 5.32 Å². The molecule has 0 aliphatic carbocycles. The van der Waals surface area contributed by atoms with Gasteiger partial charge < -0.3 is 10.1 Å². The summed E-state index contributed by atoms with van der Waals surface area (Å²) < 4.78 is 20.4. The predicted molar refractivity (Wildman–Crippen MR) is 87.3 cm³/mol. The number of halogens is 2. The molecule has 0 spiro atoms. The largest absolute Gasteiger partial charge is 0.457 e. The first kappa shape index (κ1) is 16.0. The summed E-state index contributed by atoms with van der Waals surface area (Å²) in [5.41, 5.74) is 1.84. The molecular weight excluding hydrogens is 333 g/mol. The molecule has 2 aromatic rings. The van der Waals surface area contributed by atoms with Crippen molar-refractivity contribution in [2.75, 3.05) is 0 Å². The van der Waals surface area contributed by atoms with Crippen LogP contribution in [0.1, 0.15) is 25.0 Å². The van der Waals surface area contributed by atoms with Gasteiger partial charge in [-0.25, -0.2) is 4.39 Å². The fraction of sp³-hybridized carbons (Fsp3) is 0.294. The van der Waals surface area contributed by atoms with Gasteiger partial charge in [-0.2, -0.15) is 0 Å². The zero-order chi connectivity index (χ0) is 15.4. The van der Waals surface area contributed by atoms with Gasteiger partial charge in [0.05, 0.1) is 0 Å². The summed E-state index contributed by atoms with van der Waals surface area (Å²) >= 11 is 3.44. The number of hydrogen-bond donors (Lipinski definition) is 1. The third kappa shape index (κ3) is 4.55. The minimum absolute atomic E-state index is 0.256. The Morgan fingerprint density at radius 2 is 1.90 bits per heavy atom. The lowest BCUT2D eigenvalue weighted by Gasteiger charge is -2.15. The Balaban J connectivity index is 2.28. The SMILES string of the molecule is Cc1ccc(Br)cc1Oc1ccc(F)cc1CNC(C)C. The average Bonchev–Trinajstić information content (AvgIpc) is 2.43. The van der Waals surface area contributed by atoms with Crippen LogP contribution in [0.5, 0.6) is 11.5 Å². The molecule has 21 heavy (non-hydrogen) atoms. The Kier molecular flexibility index (Phi) is 5.37. The van der Waals surface area contributed by atoms with Gasteiger partial charge in [-0.1, -0.05) is 35.8 Å². The number of rotatable bonds is 5. The second-order valence-corrected chi connectivity index (χ2v) is 6.22. The van der Waals surface area contributed by atoms with Gasteiger partial charge in [0.25, 0.3) is 0 Å². The molecule has 2 aromatic carbocycles. The molecule has 0 saturated heterocycles. The molecule has 2 rings (SSSR count). The second-order valence-electron chi connectivity index (χ2n) is 5.30. The number of aryl methyl sites for hydroxylation is 1. The van der Waals surface area contributed by atoms with Crippen LogP contribution in [-0.4, -0.2) is 6.04 Å². The summed E-state index contributed by atoms with van der Waals surface area (Å²) in [4.78, 5) is 0. The molecule has 0 heterocycles. The standard InChI is InChI=1S/C17H19BrFNO/c1-11(2)20-10-13-8-15(19)6-7-16(13)21-17-9-14(18)5-4-12(17)3/h4-9,11,20H,10H2,1-3H3. The third-order valence-corrected chi connectivity index (χ3v) is 3.59. The van der Waals surface area contributed by atoms with Gasteiger partial charge in [0.15, 0.2) is 0 Å².